The van der Waals surface area contributed by atoms with Crippen LogP contribution in [-0.2, 0) is 11.3 Å². The van der Waals surface area contributed by atoms with Crippen molar-refractivity contribution < 1.29 is 9.59 Å². The summed E-state index contributed by atoms with van der Waals surface area (Å²) in [5.74, 6) is 0.138. The zero-order valence-electron chi connectivity index (χ0n) is 18.1. The maximum atomic E-state index is 12.6. The minimum Gasteiger partial charge on any atom is -0.340 e. The highest BCUT2D eigenvalue weighted by atomic mass is 16.2. The molecule has 5 nitrogen and oxygen atoms in total. The van der Waals surface area contributed by atoms with E-state index >= 15 is 0 Å². The molecule has 5 heteroatoms. The van der Waals surface area contributed by atoms with Crippen LogP contribution < -0.4 is 5.73 Å². The molecule has 0 aromatic heterocycles. The Morgan fingerprint density at radius 3 is 2.57 bits per heavy atom. The molecule has 1 atom stereocenters. The van der Waals surface area contributed by atoms with Crippen LogP contribution in [0, 0.1) is 0 Å². The lowest BCUT2D eigenvalue weighted by Gasteiger charge is -2.32. The molecule has 160 valence electrons. The normalized spacial score (nSPS) is 17.0. The van der Waals surface area contributed by atoms with Crippen LogP contribution in [0.5, 0.6) is 0 Å². The Labute approximate surface area is 179 Å². The fraction of sp³-hybridized carbons (Fsp3) is 0.440. The predicted octanol–water partition coefficient (Wildman–Crippen LogP) is 3.72. The van der Waals surface area contributed by atoms with Crippen LogP contribution in [0.1, 0.15) is 48.0 Å². The lowest BCUT2D eigenvalue weighted by Crippen LogP contribution is -2.36. The highest BCUT2D eigenvalue weighted by Gasteiger charge is 2.20. The van der Waals surface area contributed by atoms with Crippen molar-refractivity contribution in [3.8, 4) is 11.1 Å². The third-order valence-corrected chi connectivity index (χ3v) is 6.11. The molecule has 1 amide bonds. The first-order valence-corrected chi connectivity index (χ1v) is 10.8. The van der Waals surface area contributed by atoms with E-state index in [1.807, 2.05) is 42.5 Å². The van der Waals surface area contributed by atoms with Crippen LogP contribution in [0.3, 0.4) is 0 Å². The third kappa shape index (κ3) is 5.77. The number of nitrogens with two attached hydrogens (primary N) is 1. The summed E-state index contributed by atoms with van der Waals surface area (Å²) < 4.78 is 0. The van der Waals surface area contributed by atoms with Crippen molar-refractivity contribution in [1.82, 2.24) is 9.80 Å². The fourth-order valence-corrected chi connectivity index (χ4v) is 4.17. The molecule has 1 unspecified atom stereocenters. The van der Waals surface area contributed by atoms with E-state index in [0.29, 0.717) is 19.0 Å². The third-order valence-electron chi connectivity index (χ3n) is 6.11. The van der Waals surface area contributed by atoms with Crippen LogP contribution in [0.4, 0.5) is 0 Å². The Balaban J connectivity index is 1.61. The van der Waals surface area contributed by atoms with Gasteiger partial charge in [0.25, 0.3) is 0 Å². The Hall–Kier alpha value is -2.50. The van der Waals surface area contributed by atoms with Crippen molar-refractivity contribution >= 4 is 11.7 Å². The van der Waals surface area contributed by atoms with Gasteiger partial charge < -0.3 is 15.5 Å². The second kappa shape index (κ2) is 10.5. The van der Waals surface area contributed by atoms with Crippen molar-refractivity contribution in [2.45, 2.75) is 44.7 Å². The SMILES string of the molecule is CN(Cc1cccc(-c2ccc(C(=O)CCC3CCCCN3C)cc2)c1)C(=O)CN. The minimum absolute atomic E-state index is 0.0166. The Morgan fingerprint density at radius 1 is 1.10 bits per heavy atom. The van der Waals surface area contributed by atoms with E-state index in [-0.39, 0.29) is 18.2 Å². The number of likely N-dealkylation sites (tertiary alicyclic amines) is 1. The molecule has 0 spiro atoms. The Kier molecular flexibility index (Phi) is 7.77. The van der Waals surface area contributed by atoms with Gasteiger partial charge in [-0.1, -0.05) is 48.9 Å². The van der Waals surface area contributed by atoms with Crippen molar-refractivity contribution in [3.05, 3.63) is 59.7 Å². The van der Waals surface area contributed by atoms with Crippen LogP contribution in [0.15, 0.2) is 48.5 Å². The lowest BCUT2D eigenvalue weighted by molar-refractivity contribution is -0.128. The van der Waals surface area contributed by atoms with Crippen LogP contribution in [0.25, 0.3) is 11.1 Å². The molecule has 2 aromatic carbocycles. The highest BCUT2D eigenvalue weighted by molar-refractivity contribution is 5.96. The first-order chi connectivity index (χ1) is 14.5. The second-order valence-electron chi connectivity index (χ2n) is 8.32. The summed E-state index contributed by atoms with van der Waals surface area (Å²) in [7, 11) is 3.92. The number of rotatable bonds is 8. The molecule has 1 aliphatic heterocycles. The summed E-state index contributed by atoms with van der Waals surface area (Å²) in [6, 6.07) is 16.5. The molecule has 3 rings (SSSR count). The van der Waals surface area contributed by atoms with E-state index in [1.165, 1.54) is 19.3 Å². The van der Waals surface area contributed by atoms with Crippen LogP contribution in [0.2, 0.25) is 0 Å². The first-order valence-electron chi connectivity index (χ1n) is 10.8. The zero-order chi connectivity index (χ0) is 21.5. The van der Waals surface area contributed by atoms with Gasteiger partial charge in [0.15, 0.2) is 5.78 Å². The summed E-state index contributed by atoms with van der Waals surface area (Å²) >= 11 is 0. The number of carbonyl (C=O) groups is 2. The number of piperidine rings is 1. The van der Waals surface area contributed by atoms with Gasteiger partial charge in [-0.15, -0.1) is 0 Å². The van der Waals surface area contributed by atoms with Gasteiger partial charge in [0.2, 0.25) is 5.91 Å². The van der Waals surface area contributed by atoms with Crippen molar-refractivity contribution in [1.29, 1.82) is 0 Å². The molecular weight excluding hydrogens is 374 g/mol. The average Bonchev–Trinajstić information content (AvgIpc) is 2.78. The molecule has 2 aromatic rings. The molecule has 1 heterocycles. The van der Waals surface area contributed by atoms with E-state index in [4.69, 9.17) is 5.73 Å². The average molecular weight is 408 g/mol. The highest BCUT2D eigenvalue weighted by Crippen LogP contribution is 2.23. The second-order valence-corrected chi connectivity index (χ2v) is 8.32. The number of benzene rings is 2. The quantitative estimate of drug-likeness (QED) is 0.678. The summed E-state index contributed by atoms with van der Waals surface area (Å²) in [5, 5.41) is 0. The molecule has 0 saturated carbocycles. The van der Waals surface area contributed by atoms with Crippen molar-refractivity contribution in [2.75, 3.05) is 27.2 Å². The number of amides is 1. The van der Waals surface area contributed by atoms with Crippen molar-refractivity contribution in [3.63, 3.8) is 0 Å². The van der Waals surface area contributed by atoms with E-state index in [9.17, 15) is 9.59 Å². The standard InChI is InChI=1S/C25H33N3O2/c1-27-15-4-3-8-23(27)13-14-24(29)21-11-9-20(10-12-21)22-7-5-6-19(16-22)18-28(2)25(30)17-26/h5-7,9-12,16,23H,3-4,8,13-15,17-18,26H2,1-2H3. The first kappa shape index (κ1) is 22.2. The van der Waals surface area contributed by atoms with Gasteiger partial charge >= 0.3 is 0 Å². The van der Waals surface area contributed by atoms with Crippen LogP contribution in [-0.4, -0.2) is 54.7 Å². The molecule has 0 aliphatic carbocycles. The summed E-state index contributed by atoms with van der Waals surface area (Å²) in [4.78, 5) is 28.4. The maximum absolute atomic E-state index is 12.6. The van der Waals surface area contributed by atoms with Gasteiger partial charge in [0.05, 0.1) is 6.54 Å². The topological polar surface area (TPSA) is 66.6 Å². The van der Waals surface area contributed by atoms with E-state index in [1.54, 1.807) is 11.9 Å². The molecular formula is C25H33N3O2. The van der Waals surface area contributed by atoms with E-state index in [0.717, 1.165) is 35.2 Å². The number of nitrogens with zero attached hydrogens (tertiary/aromatic N) is 2. The molecule has 2 N–H and O–H groups in total. The number of carbonyl (C=O) groups excluding carboxylic acids is 2. The molecule has 30 heavy (non-hydrogen) atoms. The van der Waals surface area contributed by atoms with E-state index < -0.39 is 0 Å². The van der Waals surface area contributed by atoms with Crippen molar-refractivity contribution in [2.24, 2.45) is 5.73 Å². The predicted molar refractivity (Wildman–Crippen MR) is 121 cm³/mol. The van der Waals surface area contributed by atoms with Crippen LogP contribution >= 0.6 is 0 Å². The Bertz CT molecular complexity index is 863. The molecule has 1 fully saturated rings. The maximum Gasteiger partial charge on any atom is 0.236 e. The Morgan fingerprint density at radius 2 is 1.87 bits per heavy atom. The number of likely N-dealkylation sites (N-methyl/N-ethyl adjacent to an activating group) is 1. The van der Waals surface area contributed by atoms with Gasteiger partial charge in [0, 0.05) is 31.6 Å². The molecule has 1 aliphatic rings. The number of Topliss-reactive ketones (excluding diaryl/α,β-unsaturated/α-hetero) is 1. The van der Waals surface area contributed by atoms with Gasteiger partial charge in [0.1, 0.15) is 0 Å². The minimum atomic E-state index is -0.0808. The largest absolute Gasteiger partial charge is 0.340 e. The summed E-state index contributed by atoms with van der Waals surface area (Å²) in [5.41, 5.74) is 9.40. The molecule has 0 bridgehead atoms. The molecule has 1 saturated heterocycles. The molecule has 0 radical (unpaired) electrons. The lowest BCUT2D eigenvalue weighted by atomic mass is 9.95. The smallest absolute Gasteiger partial charge is 0.236 e. The van der Waals surface area contributed by atoms with Gasteiger partial charge in [-0.25, -0.2) is 0 Å². The summed E-state index contributed by atoms with van der Waals surface area (Å²) in [6.45, 7) is 1.68. The zero-order valence-corrected chi connectivity index (χ0v) is 18.1. The van der Waals surface area contributed by atoms with Gasteiger partial charge in [-0.3, -0.25) is 9.59 Å². The summed E-state index contributed by atoms with van der Waals surface area (Å²) in [6.07, 6.45) is 5.28. The van der Waals surface area contributed by atoms with Gasteiger partial charge in [-0.05, 0) is 55.6 Å². The van der Waals surface area contributed by atoms with Gasteiger partial charge in [-0.2, -0.15) is 0 Å². The number of ketones is 1. The van der Waals surface area contributed by atoms with E-state index in [2.05, 4.69) is 18.0 Å². The number of hydrogen-bond donors (Lipinski definition) is 1. The monoisotopic (exact) mass is 407 g/mol. The number of hydrogen-bond acceptors (Lipinski definition) is 4. The fourth-order valence-electron chi connectivity index (χ4n) is 4.17.